The van der Waals surface area contributed by atoms with Crippen molar-refractivity contribution in [3.8, 4) is 6.07 Å². The van der Waals surface area contributed by atoms with Crippen LogP contribution in [0.2, 0.25) is 0 Å². The summed E-state index contributed by atoms with van der Waals surface area (Å²) in [4.78, 5) is 7.91. The Morgan fingerprint density at radius 1 is 1.50 bits per heavy atom. The minimum Gasteiger partial charge on any atom is -0.362 e. The lowest BCUT2D eigenvalue weighted by atomic mass is 10.00. The normalized spacial score (nSPS) is 18.2. The predicted octanol–water partition coefficient (Wildman–Crippen LogP) is 3.14. The van der Waals surface area contributed by atoms with Crippen LogP contribution < -0.4 is 4.90 Å². The summed E-state index contributed by atoms with van der Waals surface area (Å²) in [5, 5.41) is 11.3. The molecule has 0 saturated carbocycles. The first kappa shape index (κ1) is 11.2. The highest BCUT2D eigenvalue weighted by molar-refractivity contribution is 7.10. The van der Waals surface area contributed by atoms with Gasteiger partial charge in [0.2, 0.25) is 0 Å². The van der Waals surface area contributed by atoms with E-state index < -0.39 is 0 Å². The zero-order valence-corrected chi connectivity index (χ0v) is 10.9. The van der Waals surface area contributed by atoms with E-state index in [1.807, 2.05) is 11.3 Å². The fourth-order valence-corrected chi connectivity index (χ4v) is 3.51. The molecule has 1 aliphatic rings. The average molecular weight is 255 g/mol. The molecule has 3 rings (SSSR count). The van der Waals surface area contributed by atoms with Crippen LogP contribution in [0.15, 0.2) is 29.9 Å². The molecule has 1 atom stereocenters. The second kappa shape index (κ2) is 4.43. The Bertz CT molecular complexity index is 611. The maximum absolute atomic E-state index is 9.19. The number of fused-ring (bicyclic) bond motifs is 1. The molecule has 0 spiro atoms. The first-order valence-corrected chi connectivity index (χ1v) is 6.86. The highest BCUT2D eigenvalue weighted by atomic mass is 32.1. The van der Waals surface area contributed by atoms with Crippen molar-refractivity contribution >= 4 is 17.0 Å². The van der Waals surface area contributed by atoms with Gasteiger partial charge in [-0.05, 0) is 36.4 Å². The molecule has 3 heterocycles. The van der Waals surface area contributed by atoms with Crippen LogP contribution in [0.5, 0.6) is 0 Å². The van der Waals surface area contributed by atoms with Gasteiger partial charge in [0.1, 0.15) is 6.07 Å². The number of aromatic nitrogens is 1. The van der Waals surface area contributed by atoms with Gasteiger partial charge in [-0.25, -0.2) is 0 Å². The summed E-state index contributed by atoms with van der Waals surface area (Å²) in [5.41, 5.74) is 3.04. The first-order chi connectivity index (χ1) is 8.81. The Balaban J connectivity index is 2.02. The third-order valence-corrected chi connectivity index (χ3v) is 4.50. The van der Waals surface area contributed by atoms with Gasteiger partial charge in [0.15, 0.2) is 0 Å². The number of hydrogen-bond donors (Lipinski definition) is 0. The van der Waals surface area contributed by atoms with E-state index in [1.165, 1.54) is 10.4 Å². The van der Waals surface area contributed by atoms with E-state index in [1.54, 1.807) is 18.5 Å². The van der Waals surface area contributed by atoms with Crippen molar-refractivity contribution in [1.29, 1.82) is 5.26 Å². The Labute approximate surface area is 110 Å². The summed E-state index contributed by atoms with van der Waals surface area (Å²) >= 11 is 1.83. The molecule has 0 fully saturated rings. The summed E-state index contributed by atoms with van der Waals surface area (Å²) < 4.78 is 0. The van der Waals surface area contributed by atoms with Gasteiger partial charge in [0.05, 0.1) is 23.5 Å². The van der Waals surface area contributed by atoms with E-state index in [0.29, 0.717) is 11.6 Å². The molecular weight excluding hydrogens is 242 g/mol. The molecule has 0 N–H and O–H groups in total. The molecule has 18 heavy (non-hydrogen) atoms. The SMILES string of the molecule is CC1c2ccsc2CCN1c1cnccc1C#N. The molecule has 1 unspecified atom stereocenters. The molecule has 0 aliphatic carbocycles. The van der Waals surface area contributed by atoms with Crippen molar-refractivity contribution in [3.05, 3.63) is 45.9 Å². The second-order valence-corrected chi connectivity index (χ2v) is 5.42. The zero-order chi connectivity index (χ0) is 12.5. The topological polar surface area (TPSA) is 39.9 Å². The van der Waals surface area contributed by atoms with Crippen LogP contribution in [0.25, 0.3) is 0 Å². The molecule has 3 nitrogen and oxygen atoms in total. The predicted molar refractivity (Wildman–Crippen MR) is 72.7 cm³/mol. The van der Waals surface area contributed by atoms with Crippen molar-refractivity contribution in [3.63, 3.8) is 0 Å². The van der Waals surface area contributed by atoms with Crippen LogP contribution in [0.1, 0.15) is 29.0 Å². The lowest BCUT2D eigenvalue weighted by molar-refractivity contribution is 0.631. The van der Waals surface area contributed by atoms with Crippen LogP contribution in [0.3, 0.4) is 0 Å². The van der Waals surface area contributed by atoms with Crippen molar-refractivity contribution in [2.75, 3.05) is 11.4 Å². The Kier molecular flexibility index (Phi) is 2.77. The van der Waals surface area contributed by atoms with Gasteiger partial charge in [0, 0.05) is 17.6 Å². The molecule has 1 aliphatic heterocycles. The van der Waals surface area contributed by atoms with Crippen LogP contribution >= 0.6 is 11.3 Å². The van der Waals surface area contributed by atoms with E-state index in [9.17, 15) is 5.26 Å². The fourth-order valence-electron chi connectivity index (χ4n) is 2.55. The molecule has 4 heteroatoms. The lowest BCUT2D eigenvalue weighted by Crippen LogP contribution is -2.33. The summed E-state index contributed by atoms with van der Waals surface area (Å²) in [6, 6.07) is 6.54. The number of thiophene rings is 1. The third-order valence-electron chi connectivity index (χ3n) is 3.51. The number of hydrogen-bond acceptors (Lipinski definition) is 4. The Hall–Kier alpha value is -1.86. The quantitative estimate of drug-likeness (QED) is 0.786. The molecule has 2 aromatic rings. The van der Waals surface area contributed by atoms with Gasteiger partial charge in [-0.3, -0.25) is 4.98 Å². The highest BCUT2D eigenvalue weighted by Crippen LogP contribution is 2.36. The fraction of sp³-hybridized carbons (Fsp3) is 0.286. The van der Waals surface area contributed by atoms with Gasteiger partial charge in [0.25, 0.3) is 0 Å². The Morgan fingerprint density at radius 3 is 3.22 bits per heavy atom. The van der Waals surface area contributed by atoms with Crippen LogP contribution in [-0.2, 0) is 6.42 Å². The lowest BCUT2D eigenvalue weighted by Gasteiger charge is -2.35. The number of anilines is 1. The standard InChI is InChI=1S/C14H13N3S/c1-10-12-4-7-18-14(12)3-6-17(10)13-9-16-5-2-11(13)8-15/h2,4-5,7,9-10H,3,6H2,1H3. The smallest absolute Gasteiger partial charge is 0.101 e. The van der Waals surface area contributed by atoms with Crippen molar-refractivity contribution in [2.45, 2.75) is 19.4 Å². The summed E-state index contributed by atoms with van der Waals surface area (Å²) in [6.45, 7) is 3.15. The largest absolute Gasteiger partial charge is 0.362 e. The Morgan fingerprint density at radius 2 is 2.39 bits per heavy atom. The van der Waals surface area contributed by atoms with Gasteiger partial charge in [-0.2, -0.15) is 5.26 Å². The minimum absolute atomic E-state index is 0.316. The maximum atomic E-state index is 9.19. The molecule has 0 radical (unpaired) electrons. The van der Waals surface area contributed by atoms with E-state index in [-0.39, 0.29) is 0 Å². The maximum Gasteiger partial charge on any atom is 0.101 e. The van der Waals surface area contributed by atoms with E-state index in [2.05, 4.69) is 34.3 Å². The first-order valence-electron chi connectivity index (χ1n) is 5.98. The van der Waals surface area contributed by atoms with Gasteiger partial charge in [-0.15, -0.1) is 11.3 Å². The summed E-state index contributed by atoms with van der Waals surface area (Å²) in [6.07, 6.45) is 4.52. The monoisotopic (exact) mass is 255 g/mol. The number of nitrogens with zero attached hydrogens (tertiary/aromatic N) is 3. The molecule has 0 saturated heterocycles. The van der Waals surface area contributed by atoms with Crippen molar-refractivity contribution < 1.29 is 0 Å². The van der Waals surface area contributed by atoms with Crippen LogP contribution in [0.4, 0.5) is 5.69 Å². The van der Waals surface area contributed by atoms with Gasteiger partial charge >= 0.3 is 0 Å². The van der Waals surface area contributed by atoms with E-state index in [4.69, 9.17) is 0 Å². The van der Waals surface area contributed by atoms with Crippen molar-refractivity contribution in [1.82, 2.24) is 4.98 Å². The minimum atomic E-state index is 0.316. The van der Waals surface area contributed by atoms with E-state index in [0.717, 1.165) is 18.7 Å². The highest BCUT2D eigenvalue weighted by Gasteiger charge is 2.26. The van der Waals surface area contributed by atoms with E-state index >= 15 is 0 Å². The van der Waals surface area contributed by atoms with Crippen LogP contribution in [-0.4, -0.2) is 11.5 Å². The number of nitriles is 1. The number of rotatable bonds is 1. The molecule has 0 bridgehead atoms. The van der Waals surface area contributed by atoms with Crippen molar-refractivity contribution in [2.24, 2.45) is 0 Å². The molecule has 90 valence electrons. The summed E-state index contributed by atoms with van der Waals surface area (Å²) in [7, 11) is 0. The molecular formula is C14H13N3S. The summed E-state index contributed by atoms with van der Waals surface area (Å²) in [5.74, 6) is 0. The number of pyridine rings is 1. The van der Waals surface area contributed by atoms with Crippen LogP contribution in [0, 0.1) is 11.3 Å². The third kappa shape index (κ3) is 1.68. The molecule has 0 amide bonds. The molecule has 2 aromatic heterocycles. The average Bonchev–Trinajstić information content (AvgIpc) is 2.88. The van der Waals surface area contributed by atoms with Gasteiger partial charge < -0.3 is 4.90 Å². The zero-order valence-electron chi connectivity index (χ0n) is 10.1. The van der Waals surface area contributed by atoms with Gasteiger partial charge in [-0.1, -0.05) is 0 Å². The second-order valence-electron chi connectivity index (χ2n) is 4.42. The molecule has 0 aromatic carbocycles.